The molecule has 1 fully saturated rings. The first kappa shape index (κ1) is 16.4. The Morgan fingerprint density at radius 1 is 0.962 bits per heavy atom. The molecule has 3 aromatic rings. The Bertz CT molecular complexity index is 850. The third kappa shape index (κ3) is 3.77. The van der Waals surface area contributed by atoms with Crippen molar-refractivity contribution in [3.63, 3.8) is 0 Å². The second-order valence-electron chi connectivity index (χ2n) is 6.53. The Labute approximate surface area is 152 Å². The lowest BCUT2D eigenvalue weighted by Gasteiger charge is -2.08. The number of hydrogen-bond acceptors (Lipinski definition) is 6. The predicted molar refractivity (Wildman–Crippen MR) is 104 cm³/mol. The van der Waals surface area contributed by atoms with E-state index in [2.05, 4.69) is 42.2 Å². The molecule has 0 atom stereocenters. The molecule has 1 aliphatic rings. The van der Waals surface area contributed by atoms with Gasteiger partial charge in [-0.15, -0.1) is 0 Å². The first-order chi connectivity index (χ1) is 12.8. The van der Waals surface area contributed by atoms with Crippen LogP contribution in [0.3, 0.4) is 0 Å². The quantitative estimate of drug-likeness (QED) is 0.528. The fourth-order valence-electron chi connectivity index (χ4n) is 3.32. The lowest BCUT2D eigenvalue weighted by molar-refractivity contribution is 0.693. The molecule has 2 aromatic heterocycles. The standard InChI is InChI=1S/C19H23N7/c1-20-14-6-8-15(9-7-14)22-19-21-11-10-17(24-19)23-18-12-16(25-26-18)13-4-2-3-5-13/h6-13,20H,2-5H2,1H3,(H3,21,22,23,24,25,26). The molecule has 0 spiro atoms. The summed E-state index contributed by atoms with van der Waals surface area (Å²) in [4.78, 5) is 8.79. The largest absolute Gasteiger partial charge is 0.388 e. The summed E-state index contributed by atoms with van der Waals surface area (Å²) in [6.45, 7) is 0. The summed E-state index contributed by atoms with van der Waals surface area (Å²) in [5.74, 6) is 2.65. The number of aromatic nitrogens is 4. The molecule has 7 nitrogen and oxygen atoms in total. The average molecular weight is 349 g/mol. The van der Waals surface area contributed by atoms with E-state index in [-0.39, 0.29) is 0 Å². The van der Waals surface area contributed by atoms with E-state index in [1.54, 1.807) is 6.20 Å². The van der Waals surface area contributed by atoms with Gasteiger partial charge in [-0.1, -0.05) is 12.8 Å². The van der Waals surface area contributed by atoms with Gasteiger partial charge in [0.25, 0.3) is 0 Å². The van der Waals surface area contributed by atoms with E-state index >= 15 is 0 Å². The molecule has 0 amide bonds. The molecule has 1 aromatic carbocycles. The van der Waals surface area contributed by atoms with Crippen molar-refractivity contribution >= 4 is 29.0 Å². The molecule has 0 saturated heterocycles. The highest BCUT2D eigenvalue weighted by molar-refractivity contribution is 5.60. The van der Waals surface area contributed by atoms with Crippen molar-refractivity contribution in [3.05, 3.63) is 48.3 Å². The molecular formula is C19H23N7. The fraction of sp³-hybridized carbons (Fsp3) is 0.316. The van der Waals surface area contributed by atoms with Crippen LogP contribution in [0.1, 0.15) is 37.3 Å². The first-order valence-electron chi connectivity index (χ1n) is 9.00. The van der Waals surface area contributed by atoms with Gasteiger partial charge in [0.15, 0.2) is 5.82 Å². The van der Waals surface area contributed by atoms with Crippen LogP contribution in [0.2, 0.25) is 0 Å². The van der Waals surface area contributed by atoms with Crippen molar-refractivity contribution in [3.8, 4) is 0 Å². The van der Waals surface area contributed by atoms with Crippen molar-refractivity contribution in [2.24, 2.45) is 0 Å². The summed E-state index contributed by atoms with van der Waals surface area (Å²) in [5, 5.41) is 17.1. The molecule has 0 bridgehead atoms. The summed E-state index contributed by atoms with van der Waals surface area (Å²) < 4.78 is 0. The van der Waals surface area contributed by atoms with Gasteiger partial charge >= 0.3 is 0 Å². The molecule has 0 radical (unpaired) electrons. The molecule has 0 aliphatic heterocycles. The minimum Gasteiger partial charge on any atom is -0.388 e. The second kappa shape index (κ2) is 7.43. The van der Waals surface area contributed by atoms with Gasteiger partial charge in [0.1, 0.15) is 5.82 Å². The molecule has 7 heteroatoms. The van der Waals surface area contributed by atoms with E-state index in [1.165, 1.54) is 31.4 Å². The Hall–Kier alpha value is -3.09. The molecule has 134 valence electrons. The van der Waals surface area contributed by atoms with Crippen LogP contribution in [0.4, 0.5) is 29.0 Å². The molecule has 1 aliphatic carbocycles. The summed E-state index contributed by atoms with van der Waals surface area (Å²) in [6.07, 6.45) is 6.83. The smallest absolute Gasteiger partial charge is 0.229 e. The van der Waals surface area contributed by atoms with Crippen LogP contribution in [0.5, 0.6) is 0 Å². The normalized spacial score (nSPS) is 14.3. The SMILES string of the molecule is CNc1ccc(Nc2nccc(Nc3cc(C4CCCC4)[nH]n3)n2)cc1. The highest BCUT2D eigenvalue weighted by Crippen LogP contribution is 2.34. The number of benzene rings is 1. The third-order valence-corrected chi connectivity index (χ3v) is 4.73. The summed E-state index contributed by atoms with van der Waals surface area (Å²) in [7, 11) is 1.90. The number of aromatic amines is 1. The minimum absolute atomic E-state index is 0.541. The number of nitrogens with one attached hydrogen (secondary N) is 4. The topological polar surface area (TPSA) is 90.6 Å². The summed E-state index contributed by atoms with van der Waals surface area (Å²) >= 11 is 0. The van der Waals surface area contributed by atoms with Gasteiger partial charge in [-0.05, 0) is 43.2 Å². The number of H-pyrrole nitrogens is 1. The first-order valence-corrected chi connectivity index (χ1v) is 9.00. The minimum atomic E-state index is 0.541. The molecule has 1 saturated carbocycles. The Kier molecular flexibility index (Phi) is 4.68. The van der Waals surface area contributed by atoms with E-state index in [1.807, 2.05) is 37.4 Å². The van der Waals surface area contributed by atoms with Gasteiger partial charge in [-0.3, -0.25) is 5.10 Å². The van der Waals surface area contributed by atoms with Crippen LogP contribution in [-0.2, 0) is 0 Å². The zero-order chi connectivity index (χ0) is 17.8. The van der Waals surface area contributed by atoms with Crippen LogP contribution < -0.4 is 16.0 Å². The number of nitrogens with zero attached hydrogens (tertiary/aromatic N) is 3. The van der Waals surface area contributed by atoms with Crippen LogP contribution >= 0.6 is 0 Å². The van der Waals surface area contributed by atoms with Crippen molar-refractivity contribution in [2.45, 2.75) is 31.6 Å². The monoisotopic (exact) mass is 349 g/mol. The number of hydrogen-bond donors (Lipinski definition) is 4. The van der Waals surface area contributed by atoms with E-state index in [4.69, 9.17) is 0 Å². The maximum Gasteiger partial charge on any atom is 0.229 e. The van der Waals surface area contributed by atoms with Crippen molar-refractivity contribution in [1.82, 2.24) is 20.2 Å². The Morgan fingerprint density at radius 2 is 1.73 bits per heavy atom. The van der Waals surface area contributed by atoms with Crippen LogP contribution in [0.25, 0.3) is 0 Å². The van der Waals surface area contributed by atoms with E-state index in [0.29, 0.717) is 17.7 Å². The lowest BCUT2D eigenvalue weighted by atomic mass is 10.0. The lowest BCUT2D eigenvalue weighted by Crippen LogP contribution is -2.00. The van der Waals surface area contributed by atoms with Crippen LogP contribution in [0.15, 0.2) is 42.6 Å². The molecule has 4 N–H and O–H groups in total. The summed E-state index contributed by atoms with van der Waals surface area (Å²) in [6, 6.07) is 11.9. The summed E-state index contributed by atoms with van der Waals surface area (Å²) in [5.41, 5.74) is 3.20. The van der Waals surface area contributed by atoms with E-state index in [0.717, 1.165) is 17.2 Å². The maximum absolute atomic E-state index is 4.51. The van der Waals surface area contributed by atoms with E-state index < -0.39 is 0 Å². The number of anilines is 5. The predicted octanol–water partition coefficient (Wildman–Crippen LogP) is 4.39. The Morgan fingerprint density at radius 3 is 2.50 bits per heavy atom. The fourth-order valence-corrected chi connectivity index (χ4v) is 3.32. The molecule has 0 unspecified atom stereocenters. The molecular weight excluding hydrogens is 326 g/mol. The molecule has 4 rings (SSSR count). The zero-order valence-electron chi connectivity index (χ0n) is 14.8. The van der Waals surface area contributed by atoms with E-state index in [9.17, 15) is 0 Å². The highest BCUT2D eigenvalue weighted by Gasteiger charge is 2.19. The van der Waals surface area contributed by atoms with Gasteiger partial charge in [0.2, 0.25) is 5.95 Å². The van der Waals surface area contributed by atoms with Gasteiger partial charge in [0.05, 0.1) is 0 Å². The highest BCUT2D eigenvalue weighted by atomic mass is 15.2. The number of rotatable bonds is 6. The molecule has 26 heavy (non-hydrogen) atoms. The molecule has 2 heterocycles. The Balaban J connectivity index is 1.43. The van der Waals surface area contributed by atoms with Crippen molar-refractivity contribution in [2.75, 3.05) is 23.0 Å². The van der Waals surface area contributed by atoms with Gasteiger partial charge in [0, 0.05) is 42.3 Å². The van der Waals surface area contributed by atoms with Crippen LogP contribution in [-0.4, -0.2) is 27.2 Å². The zero-order valence-corrected chi connectivity index (χ0v) is 14.8. The maximum atomic E-state index is 4.51. The van der Waals surface area contributed by atoms with Crippen molar-refractivity contribution in [1.29, 1.82) is 0 Å². The third-order valence-electron chi connectivity index (χ3n) is 4.73. The van der Waals surface area contributed by atoms with Gasteiger partial charge in [-0.2, -0.15) is 10.1 Å². The van der Waals surface area contributed by atoms with Crippen LogP contribution in [0, 0.1) is 0 Å². The van der Waals surface area contributed by atoms with Gasteiger partial charge in [-0.25, -0.2) is 4.98 Å². The van der Waals surface area contributed by atoms with Gasteiger partial charge < -0.3 is 16.0 Å². The van der Waals surface area contributed by atoms with Crippen molar-refractivity contribution < 1.29 is 0 Å². The second-order valence-corrected chi connectivity index (χ2v) is 6.53. The average Bonchev–Trinajstić information content (AvgIpc) is 3.34.